The second-order valence-electron chi connectivity index (χ2n) is 5.06. The van der Waals surface area contributed by atoms with Gasteiger partial charge >= 0.3 is 0 Å². The number of benzene rings is 1. The molecule has 0 aliphatic heterocycles. The minimum atomic E-state index is -3.38. The molecule has 20 heavy (non-hydrogen) atoms. The van der Waals surface area contributed by atoms with Crippen LogP contribution in [0.5, 0.6) is 0 Å². The Morgan fingerprint density at radius 1 is 1.25 bits per heavy atom. The first-order valence-electron chi connectivity index (χ1n) is 5.86. The molecule has 0 atom stereocenters. The van der Waals surface area contributed by atoms with Crippen LogP contribution >= 0.6 is 11.6 Å². The molecule has 0 fully saturated rings. The first kappa shape index (κ1) is 14.9. The number of halogens is 1. The number of nitrogen functional groups attached to an aromatic ring is 1. The molecule has 0 spiro atoms. The molecule has 1 aromatic carbocycles. The molecule has 0 radical (unpaired) electrons. The maximum atomic E-state index is 12.0. The molecule has 0 saturated carbocycles. The van der Waals surface area contributed by atoms with Gasteiger partial charge in [-0.25, -0.2) is 8.42 Å². The second kappa shape index (κ2) is 4.79. The maximum absolute atomic E-state index is 12.0. The van der Waals surface area contributed by atoms with Gasteiger partial charge in [0.1, 0.15) is 10.4 Å². The average Bonchev–Trinajstić information content (AvgIpc) is 2.71. The Bertz CT molecular complexity index is 733. The van der Waals surface area contributed by atoms with Crippen molar-refractivity contribution in [3.8, 4) is 11.1 Å². The molecule has 0 bridgehead atoms. The van der Waals surface area contributed by atoms with Crippen LogP contribution in [0.25, 0.3) is 11.1 Å². The molecule has 0 aliphatic rings. The van der Waals surface area contributed by atoms with Gasteiger partial charge in [0, 0.05) is 11.3 Å². The van der Waals surface area contributed by atoms with Crippen LogP contribution in [0.3, 0.4) is 0 Å². The summed E-state index contributed by atoms with van der Waals surface area (Å²) < 4.78 is 27.7. The van der Waals surface area contributed by atoms with E-state index in [9.17, 15) is 8.42 Å². The summed E-state index contributed by atoms with van der Waals surface area (Å²) in [6.07, 6.45) is 1.16. The highest BCUT2D eigenvalue weighted by Crippen LogP contribution is 2.39. The fraction of sp³-hybridized carbons (Fsp3) is 0.308. The van der Waals surface area contributed by atoms with Crippen LogP contribution in [0.15, 0.2) is 28.8 Å². The van der Waals surface area contributed by atoms with Crippen LogP contribution in [0.1, 0.15) is 19.5 Å². The third-order valence-corrected chi connectivity index (χ3v) is 5.65. The Hall–Kier alpha value is -1.53. The lowest BCUT2D eigenvalue weighted by atomic mass is 9.99. The number of hydrogen-bond acceptors (Lipinski definition) is 5. The van der Waals surface area contributed by atoms with Gasteiger partial charge in [0.2, 0.25) is 5.88 Å². The Balaban J connectivity index is 2.68. The van der Waals surface area contributed by atoms with E-state index in [0.29, 0.717) is 21.8 Å². The highest BCUT2D eigenvalue weighted by molar-refractivity contribution is 7.91. The van der Waals surface area contributed by atoms with Crippen LogP contribution in [0.4, 0.5) is 5.88 Å². The second-order valence-corrected chi connectivity index (χ2v) is 8.06. The molecule has 0 amide bonds. The van der Waals surface area contributed by atoms with E-state index in [1.807, 2.05) is 0 Å². The smallest absolute Gasteiger partial charge is 0.230 e. The van der Waals surface area contributed by atoms with Gasteiger partial charge in [-0.15, -0.1) is 0 Å². The maximum Gasteiger partial charge on any atom is 0.230 e. The molecule has 2 rings (SSSR count). The molecule has 1 aromatic heterocycles. The molecule has 0 aliphatic carbocycles. The van der Waals surface area contributed by atoms with Gasteiger partial charge < -0.3 is 10.3 Å². The Kier molecular flexibility index (Phi) is 3.56. The summed E-state index contributed by atoms with van der Waals surface area (Å²) in [6.45, 7) is 3.14. The van der Waals surface area contributed by atoms with Gasteiger partial charge in [-0.1, -0.05) is 28.9 Å². The van der Waals surface area contributed by atoms with Crippen molar-refractivity contribution in [2.75, 3.05) is 12.0 Å². The monoisotopic (exact) mass is 314 g/mol. The van der Waals surface area contributed by atoms with Crippen molar-refractivity contribution >= 4 is 27.3 Å². The summed E-state index contributed by atoms with van der Waals surface area (Å²) in [5.41, 5.74) is 7.28. The zero-order chi connectivity index (χ0) is 15.1. The molecule has 0 unspecified atom stereocenters. The first-order valence-corrected chi connectivity index (χ1v) is 8.12. The van der Waals surface area contributed by atoms with E-state index in [2.05, 4.69) is 5.16 Å². The first-order chi connectivity index (χ1) is 9.14. The number of nitrogens with zero attached hydrogens (tertiary/aromatic N) is 1. The van der Waals surface area contributed by atoms with Crippen LogP contribution in [0.2, 0.25) is 5.02 Å². The number of nitrogens with two attached hydrogens (primary N) is 1. The Morgan fingerprint density at radius 3 is 2.30 bits per heavy atom. The quantitative estimate of drug-likeness (QED) is 0.941. The topological polar surface area (TPSA) is 86.2 Å². The predicted molar refractivity (Wildman–Crippen MR) is 79.2 cm³/mol. The lowest BCUT2D eigenvalue weighted by Crippen LogP contribution is -2.29. The predicted octanol–water partition coefficient (Wildman–Crippen LogP) is 2.86. The van der Waals surface area contributed by atoms with Crippen LogP contribution < -0.4 is 5.73 Å². The zero-order valence-electron chi connectivity index (χ0n) is 11.3. The molecule has 0 saturated heterocycles. The molecule has 2 aromatic rings. The summed E-state index contributed by atoms with van der Waals surface area (Å²) in [7, 11) is -3.38. The normalized spacial score (nSPS) is 12.6. The molecule has 7 heteroatoms. The lowest BCUT2D eigenvalue weighted by molar-refractivity contribution is 0.417. The molecule has 5 nitrogen and oxygen atoms in total. The van der Waals surface area contributed by atoms with Gasteiger partial charge in [-0.05, 0) is 31.5 Å². The summed E-state index contributed by atoms with van der Waals surface area (Å²) in [6, 6.07) is 6.88. The third-order valence-electron chi connectivity index (χ3n) is 3.35. The van der Waals surface area contributed by atoms with Crippen LogP contribution in [-0.2, 0) is 14.6 Å². The minimum Gasteiger partial charge on any atom is -0.367 e. The summed E-state index contributed by atoms with van der Waals surface area (Å²) in [4.78, 5) is 0. The number of hydrogen-bond donors (Lipinski definition) is 1. The van der Waals surface area contributed by atoms with Gasteiger partial charge in [0.25, 0.3) is 0 Å². The lowest BCUT2D eigenvalue weighted by Gasteiger charge is -2.21. The zero-order valence-corrected chi connectivity index (χ0v) is 12.9. The Labute approximate surface area is 122 Å². The van der Waals surface area contributed by atoms with E-state index in [4.69, 9.17) is 21.9 Å². The van der Waals surface area contributed by atoms with Crippen molar-refractivity contribution in [3.63, 3.8) is 0 Å². The SMILES string of the molecule is CC(C)(c1noc(N)c1-c1ccc(Cl)cc1)S(C)(=O)=O. The number of rotatable bonds is 3. The molecule has 1 heterocycles. The van der Waals surface area contributed by atoms with E-state index >= 15 is 0 Å². The van der Waals surface area contributed by atoms with Crippen molar-refractivity contribution in [1.82, 2.24) is 5.16 Å². The molecular formula is C13H15ClN2O3S. The number of aromatic nitrogens is 1. The molecule has 2 N–H and O–H groups in total. The average molecular weight is 315 g/mol. The van der Waals surface area contributed by atoms with Gasteiger partial charge in [-0.2, -0.15) is 0 Å². The standard InChI is InChI=1S/C13H15ClN2O3S/c1-13(2,20(3,17)18)11-10(12(15)19-16-11)8-4-6-9(14)7-5-8/h4-7H,15H2,1-3H3. The van der Waals surface area contributed by atoms with E-state index in [-0.39, 0.29) is 5.88 Å². The summed E-state index contributed by atoms with van der Waals surface area (Å²) in [5.74, 6) is 0.0825. The van der Waals surface area contributed by atoms with Gasteiger partial charge in [-0.3, -0.25) is 0 Å². The minimum absolute atomic E-state index is 0.0825. The van der Waals surface area contributed by atoms with Crippen LogP contribution in [-0.4, -0.2) is 19.8 Å². The highest BCUT2D eigenvalue weighted by Gasteiger charge is 2.39. The fourth-order valence-corrected chi connectivity index (χ4v) is 2.40. The fourth-order valence-electron chi connectivity index (χ4n) is 1.78. The number of sulfone groups is 1. The van der Waals surface area contributed by atoms with Crippen LogP contribution in [0, 0.1) is 0 Å². The van der Waals surface area contributed by atoms with Crippen molar-refractivity contribution in [3.05, 3.63) is 35.0 Å². The van der Waals surface area contributed by atoms with E-state index in [1.165, 1.54) is 0 Å². The molecule has 108 valence electrons. The highest BCUT2D eigenvalue weighted by atomic mass is 35.5. The van der Waals surface area contributed by atoms with Crippen molar-refractivity contribution in [2.24, 2.45) is 0 Å². The van der Waals surface area contributed by atoms with Crippen molar-refractivity contribution < 1.29 is 12.9 Å². The van der Waals surface area contributed by atoms with Gasteiger partial charge in [0.05, 0.1) is 5.56 Å². The third kappa shape index (κ3) is 2.41. The van der Waals surface area contributed by atoms with Gasteiger partial charge in [0.15, 0.2) is 9.84 Å². The summed E-state index contributed by atoms with van der Waals surface area (Å²) >= 11 is 5.85. The summed E-state index contributed by atoms with van der Waals surface area (Å²) in [5, 5.41) is 4.42. The molecular weight excluding hydrogens is 300 g/mol. The van der Waals surface area contributed by atoms with Crippen molar-refractivity contribution in [1.29, 1.82) is 0 Å². The van der Waals surface area contributed by atoms with E-state index in [0.717, 1.165) is 6.26 Å². The van der Waals surface area contributed by atoms with E-state index < -0.39 is 14.6 Å². The Morgan fingerprint density at radius 2 is 1.80 bits per heavy atom. The van der Waals surface area contributed by atoms with E-state index in [1.54, 1.807) is 38.1 Å². The van der Waals surface area contributed by atoms with Crippen molar-refractivity contribution in [2.45, 2.75) is 18.6 Å². The number of anilines is 1. The largest absolute Gasteiger partial charge is 0.367 e.